The molecule has 0 N–H and O–H groups in total. The summed E-state index contributed by atoms with van der Waals surface area (Å²) in [6.07, 6.45) is 0. The summed E-state index contributed by atoms with van der Waals surface area (Å²) in [6, 6.07) is 10.8. The molecular formula is C15H13NO4. The molecular weight excluding hydrogens is 258 g/mol. The van der Waals surface area contributed by atoms with Gasteiger partial charge in [-0.05, 0) is 37.6 Å². The van der Waals surface area contributed by atoms with Crippen LogP contribution in [0.15, 0.2) is 42.5 Å². The number of nitro groups is 1. The fourth-order valence-corrected chi connectivity index (χ4v) is 1.79. The van der Waals surface area contributed by atoms with Crippen LogP contribution >= 0.6 is 0 Å². The zero-order chi connectivity index (χ0) is 14.7. The van der Waals surface area contributed by atoms with E-state index in [2.05, 4.69) is 0 Å². The van der Waals surface area contributed by atoms with Gasteiger partial charge in [0.2, 0.25) is 0 Å². The van der Waals surface area contributed by atoms with Gasteiger partial charge in [-0.2, -0.15) is 0 Å². The van der Waals surface area contributed by atoms with Crippen molar-refractivity contribution in [2.45, 2.75) is 13.8 Å². The predicted octanol–water partition coefficient (Wildman–Crippen LogP) is 3.43. The lowest BCUT2D eigenvalue weighted by Crippen LogP contribution is -2.09. The molecule has 0 aliphatic heterocycles. The summed E-state index contributed by atoms with van der Waals surface area (Å²) in [5.74, 6) is -0.0502. The van der Waals surface area contributed by atoms with E-state index in [0.717, 1.165) is 11.1 Å². The SMILES string of the molecule is Cc1ccc(OC(=O)c2ccc([N+](=O)[O-])cc2)c(C)c1. The second-order valence-electron chi connectivity index (χ2n) is 4.46. The van der Waals surface area contributed by atoms with Gasteiger partial charge in [0, 0.05) is 12.1 Å². The maximum absolute atomic E-state index is 11.9. The highest BCUT2D eigenvalue weighted by Crippen LogP contribution is 2.20. The molecule has 2 aromatic carbocycles. The monoisotopic (exact) mass is 271 g/mol. The van der Waals surface area contributed by atoms with E-state index >= 15 is 0 Å². The van der Waals surface area contributed by atoms with E-state index in [4.69, 9.17) is 4.74 Å². The quantitative estimate of drug-likeness (QED) is 0.371. The summed E-state index contributed by atoms with van der Waals surface area (Å²) >= 11 is 0. The van der Waals surface area contributed by atoms with Crippen LogP contribution in [0.5, 0.6) is 5.75 Å². The van der Waals surface area contributed by atoms with Gasteiger partial charge in [0.15, 0.2) is 0 Å². The molecule has 102 valence electrons. The fraction of sp³-hybridized carbons (Fsp3) is 0.133. The van der Waals surface area contributed by atoms with E-state index in [-0.39, 0.29) is 11.3 Å². The van der Waals surface area contributed by atoms with E-state index in [9.17, 15) is 14.9 Å². The number of hydrogen-bond donors (Lipinski definition) is 0. The van der Waals surface area contributed by atoms with E-state index in [1.807, 2.05) is 26.0 Å². The van der Waals surface area contributed by atoms with Gasteiger partial charge in [-0.3, -0.25) is 10.1 Å². The Hall–Kier alpha value is -2.69. The molecule has 0 radical (unpaired) electrons. The number of carbonyl (C=O) groups is 1. The van der Waals surface area contributed by atoms with Crippen molar-refractivity contribution in [2.75, 3.05) is 0 Å². The molecule has 0 aromatic heterocycles. The minimum atomic E-state index is -0.535. The van der Waals surface area contributed by atoms with Gasteiger partial charge < -0.3 is 4.74 Å². The van der Waals surface area contributed by atoms with Gasteiger partial charge in [0.25, 0.3) is 5.69 Å². The maximum Gasteiger partial charge on any atom is 0.343 e. The topological polar surface area (TPSA) is 69.4 Å². The van der Waals surface area contributed by atoms with Crippen molar-refractivity contribution >= 4 is 11.7 Å². The number of nitro benzene ring substituents is 1. The third kappa shape index (κ3) is 3.00. The van der Waals surface area contributed by atoms with E-state index in [0.29, 0.717) is 5.75 Å². The molecule has 0 saturated heterocycles. The Kier molecular flexibility index (Phi) is 3.79. The maximum atomic E-state index is 11.9. The van der Waals surface area contributed by atoms with Crippen molar-refractivity contribution in [1.82, 2.24) is 0 Å². The Morgan fingerprint density at radius 3 is 2.30 bits per heavy atom. The summed E-state index contributed by atoms with van der Waals surface area (Å²) in [4.78, 5) is 22.0. The Balaban J connectivity index is 2.17. The number of nitrogens with zero attached hydrogens (tertiary/aromatic N) is 1. The molecule has 0 spiro atoms. The first kappa shape index (κ1) is 13.7. The third-order valence-corrected chi connectivity index (χ3v) is 2.85. The van der Waals surface area contributed by atoms with Gasteiger partial charge in [-0.1, -0.05) is 17.7 Å². The van der Waals surface area contributed by atoms with Gasteiger partial charge in [0.1, 0.15) is 5.75 Å². The van der Waals surface area contributed by atoms with E-state index < -0.39 is 10.9 Å². The Morgan fingerprint density at radius 1 is 1.10 bits per heavy atom. The number of esters is 1. The average molecular weight is 271 g/mol. The number of aryl methyl sites for hydroxylation is 2. The van der Waals surface area contributed by atoms with Crippen LogP contribution in [0.25, 0.3) is 0 Å². The van der Waals surface area contributed by atoms with Crippen LogP contribution in [-0.2, 0) is 0 Å². The second-order valence-corrected chi connectivity index (χ2v) is 4.46. The molecule has 2 aromatic rings. The van der Waals surface area contributed by atoms with Crippen molar-refractivity contribution in [3.05, 3.63) is 69.3 Å². The molecule has 2 rings (SSSR count). The lowest BCUT2D eigenvalue weighted by molar-refractivity contribution is -0.384. The molecule has 0 bridgehead atoms. The molecule has 5 nitrogen and oxygen atoms in total. The van der Waals surface area contributed by atoms with Crippen LogP contribution in [0.1, 0.15) is 21.5 Å². The smallest absolute Gasteiger partial charge is 0.343 e. The summed E-state index contributed by atoms with van der Waals surface area (Å²) < 4.78 is 5.28. The molecule has 0 aliphatic carbocycles. The molecule has 0 fully saturated rings. The first-order chi connectivity index (χ1) is 9.47. The molecule has 20 heavy (non-hydrogen) atoms. The van der Waals surface area contributed by atoms with Crippen molar-refractivity contribution < 1.29 is 14.5 Å². The second kappa shape index (κ2) is 5.52. The zero-order valence-electron chi connectivity index (χ0n) is 11.1. The molecule has 0 heterocycles. The van der Waals surface area contributed by atoms with Crippen LogP contribution in [0.4, 0.5) is 5.69 Å². The number of hydrogen-bond acceptors (Lipinski definition) is 4. The van der Waals surface area contributed by atoms with Crippen LogP contribution in [0.3, 0.4) is 0 Å². The molecule has 0 aliphatic rings. The van der Waals surface area contributed by atoms with Gasteiger partial charge in [0.05, 0.1) is 10.5 Å². The lowest BCUT2D eigenvalue weighted by Gasteiger charge is -2.07. The predicted molar refractivity (Wildman–Crippen MR) is 74.0 cm³/mol. The Morgan fingerprint density at radius 2 is 1.75 bits per heavy atom. The zero-order valence-corrected chi connectivity index (χ0v) is 11.1. The van der Waals surface area contributed by atoms with Crippen molar-refractivity contribution in [2.24, 2.45) is 0 Å². The number of rotatable bonds is 3. The van der Waals surface area contributed by atoms with Crippen LogP contribution in [0, 0.1) is 24.0 Å². The highest BCUT2D eigenvalue weighted by molar-refractivity contribution is 5.91. The van der Waals surface area contributed by atoms with Crippen LogP contribution in [0.2, 0.25) is 0 Å². The molecule has 5 heteroatoms. The molecule has 0 atom stereocenters. The fourth-order valence-electron chi connectivity index (χ4n) is 1.79. The molecule has 0 unspecified atom stereocenters. The van der Waals surface area contributed by atoms with Crippen molar-refractivity contribution in [3.63, 3.8) is 0 Å². The van der Waals surface area contributed by atoms with Crippen LogP contribution in [-0.4, -0.2) is 10.9 Å². The van der Waals surface area contributed by atoms with Gasteiger partial charge in [-0.15, -0.1) is 0 Å². The van der Waals surface area contributed by atoms with Crippen molar-refractivity contribution in [1.29, 1.82) is 0 Å². The average Bonchev–Trinajstić information content (AvgIpc) is 2.42. The summed E-state index contributed by atoms with van der Waals surface area (Å²) in [7, 11) is 0. The first-order valence-electron chi connectivity index (χ1n) is 6.01. The minimum Gasteiger partial charge on any atom is -0.423 e. The summed E-state index contributed by atoms with van der Waals surface area (Å²) in [5.41, 5.74) is 2.15. The van der Waals surface area contributed by atoms with Crippen molar-refractivity contribution in [3.8, 4) is 5.75 Å². The highest BCUT2D eigenvalue weighted by atomic mass is 16.6. The molecule has 0 amide bonds. The van der Waals surface area contributed by atoms with Gasteiger partial charge in [-0.25, -0.2) is 4.79 Å². The standard InChI is InChI=1S/C15H13NO4/c1-10-3-8-14(11(2)9-10)20-15(17)12-4-6-13(7-5-12)16(18)19/h3-9H,1-2H3. The summed E-state index contributed by atoms with van der Waals surface area (Å²) in [6.45, 7) is 3.81. The van der Waals surface area contributed by atoms with E-state index in [1.165, 1.54) is 24.3 Å². The number of benzene rings is 2. The van der Waals surface area contributed by atoms with E-state index in [1.54, 1.807) is 6.07 Å². The molecule has 0 saturated carbocycles. The third-order valence-electron chi connectivity index (χ3n) is 2.85. The first-order valence-corrected chi connectivity index (χ1v) is 6.01. The number of non-ortho nitro benzene ring substituents is 1. The normalized spacial score (nSPS) is 10.1. The lowest BCUT2D eigenvalue weighted by atomic mass is 10.1. The Labute approximate surface area is 116 Å². The number of carbonyl (C=O) groups excluding carboxylic acids is 1. The minimum absolute atomic E-state index is 0.0620. The Bertz CT molecular complexity index is 662. The van der Waals surface area contributed by atoms with Crippen LogP contribution < -0.4 is 4.74 Å². The van der Waals surface area contributed by atoms with Gasteiger partial charge >= 0.3 is 5.97 Å². The highest BCUT2D eigenvalue weighted by Gasteiger charge is 2.12. The largest absolute Gasteiger partial charge is 0.423 e. The summed E-state index contributed by atoms with van der Waals surface area (Å²) in [5, 5.41) is 10.5. The number of ether oxygens (including phenoxy) is 1.